The van der Waals surface area contributed by atoms with Crippen LogP contribution < -0.4 is 5.43 Å². The molecule has 0 fully saturated rings. The number of benzene rings is 1. The third kappa shape index (κ3) is 5.28. The Morgan fingerprint density at radius 2 is 2.05 bits per heavy atom. The first-order valence-electron chi connectivity index (χ1n) is 6.27. The van der Waals surface area contributed by atoms with E-state index in [-0.39, 0.29) is 23.7 Å². The molecule has 21 heavy (non-hydrogen) atoms. The number of para-hydroxylation sites is 1. The number of nitrogens with one attached hydrogen (secondary N) is 1. The Morgan fingerprint density at radius 1 is 1.38 bits per heavy atom. The molecule has 0 saturated carbocycles. The molecule has 0 aliphatic rings. The number of ketones is 1. The monoisotopic (exact) mass is 285 g/mol. The predicted octanol–water partition coefficient (Wildman–Crippen LogP) is 2.06. The molecule has 6 heteroatoms. The molecule has 0 amide bonds. The molecule has 1 rings (SSSR count). The first kappa shape index (κ1) is 16.1. The molecule has 108 valence electrons. The summed E-state index contributed by atoms with van der Waals surface area (Å²) in [6.45, 7) is 3.07. The first-order valence-corrected chi connectivity index (χ1v) is 6.27. The normalized spacial score (nSPS) is 11.5. The van der Waals surface area contributed by atoms with Gasteiger partial charge in [-0.25, -0.2) is 4.79 Å². The lowest BCUT2D eigenvalue weighted by atomic mass is 10.2. The lowest BCUT2D eigenvalue weighted by molar-refractivity contribution is -0.138. The van der Waals surface area contributed by atoms with Crippen molar-refractivity contribution in [2.75, 3.05) is 12.0 Å². The van der Waals surface area contributed by atoms with Crippen LogP contribution in [-0.4, -0.2) is 24.1 Å². The topological polar surface area (TPSA) is 91.6 Å². The minimum Gasteiger partial charge on any atom is -0.462 e. The molecule has 0 unspecified atom stereocenters. The molecular weight excluding hydrogens is 270 g/mol. The summed E-state index contributed by atoms with van der Waals surface area (Å²) in [6.07, 6.45) is 1.11. The molecule has 1 N–H and O–H groups in total. The molecule has 0 bridgehead atoms. The van der Waals surface area contributed by atoms with Gasteiger partial charge >= 0.3 is 5.97 Å². The van der Waals surface area contributed by atoms with E-state index in [0.717, 1.165) is 6.08 Å². The molecule has 0 saturated heterocycles. The summed E-state index contributed by atoms with van der Waals surface area (Å²) >= 11 is 0. The molecule has 6 nitrogen and oxygen atoms in total. The summed E-state index contributed by atoms with van der Waals surface area (Å²) in [5.41, 5.74) is 3.05. The highest BCUT2D eigenvalue weighted by atomic mass is 16.5. The van der Waals surface area contributed by atoms with Gasteiger partial charge in [-0.3, -0.25) is 10.2 Å². The Balaban J connectivity index is 2.98. The second kappa shape index (κ2) is 8.27. The molecule has 1 aromatic carbocycles. The lowest BCUT2D eigenvalue weighted by Gasteiger charge is -2.02. The lowest BCUT2D eigenvalue weighted by Crippen LogP contribution is -2.14. The number of carbonyl (C=O) groups excluding carboxylic acids is 2. The van der Waals surface area contributed by atoms with E-state index in [2.05, 4.69) is 10.5 Å². The van der Waals surface area contributed by atoms with Gasteiger partial charge in [-0.2, -0.15) is 10.4 Å². The maximum Gasteiger partial charge on any atom is 0.348 e. The second-order valence-electron chi connectivity index (χ2n) is 3.92. The van der Waals surface area contributed by atoms with E-state index < -0.39 is 5.97 Å². The fraction of sp³-hybridized carbons (Fsp3) is 0.200. The number of hydrogen-bond donors (Lipinski definition) is 1. The van der Waals surface area contributed by atoms with Crippen LogP contribution in [0.5, 0.6) is 0 Å². The summed E-state index contributed by atoms with van der Waals surface area (Å²) in [5.74, 6) is -1.16. The number of carbonyl (C=O) groups is 2. The molecular formula is C15H15N3O3. The first-order chi connectivity index (χ1) is 10.1. The van der Waals surface area contributed by atoms with Crippen LogP contribution >= 0.6 is 0 Å². The van der Waals surface area contributed by atoms with E-state index in [1.165, 1.54) is 6.92 Å². The van der Waals surface area contributed by atoms with Crippen molar-refractivity contribution in [3.63, 3.8) is 0 Å². The standard InChI is InChI=1S/C15H15N3O3/c1-3-21-15(20)12(10-16)9-14(11(2)19)18-17-13-7-5-4-6-8-13/h4-9,17H,3H2,1-2H3/b12-9+,18-14-. The van der Waals surface area contributed by atoms with Crippen molar-refractivity contribution in [1.82, 2.24) is 0 Å². The smallest absolute Gasteiger partial charge is 0.348 e. The number of ether oxygens (including phenoxy) is 1. The number of rotatable bonds is 6. The Bertz CT molecular complexity index is 613. The zero-order valence-corrected chi connectivity index (χ0v) is 11.8. The van der Waals surface area contributed by atoms with Crippen molar-refractivity contribution in [2.24, 2.45) is 5.10 Å². The zero-order valence-electron chi connectivity index (χ0n) is 11.8. The van der Waals surface area contributed by atoms with Gasteiger partial charge in [-0.1, -0.05) is 18.2 Å². The SMILES string of the molecule is CCOC(=O)/C(C#N)=C/C(=N/Nc1ccccc1)C(C)=O. The minimum absolute atomic E-state index is 0.0385. The number of nitrogens with zero attached hydrogens (tertiary/aromatic N) is 2. The largest absolute Gasteiger partial charge is 0.462 e. The molecule has 0 heterocycles. The van der Waals surface area contributed by atoms with Gasteiger partial charge < -0.3 is 4.74 Å². The average Bonchev–Trinajstić information content (AvgIpc) is 2.48. The highest BCUT2D eigenvalue weighted by Gasteiger charge is 2.13. The van der Waals surface area contributed by atoms with E-state index in [1.54, 1.807) is 37.3 Å². The van der Waals surface area contributed by atoms with E-state index in [1.807, 2.05) is 6.07 Å². The number of Topliss-reactive ketones (excluding diaryl/α,β-unsaturated/α-hetero) is 1. The van der Waals surface area contributed by atoms with Crippen LogP contribution in [0.15, 0.2) is 47.1 Å². The summed E-state index contributed by atoms with van der Waals surface area (Å²) in [7, 11) is 0. The summed E-state index contributed by atoms with van der Waals surface area (Å²) < 4.78 is 4.72. The van der Waals surface area contributed by atoms with Crippen LogP contribution in [0.4, 0.5) is 5.69 Å². The Hall–Kier alpha value is -2.94. The number of esters is 1. The van der Waals surface area contributed by atoms with E-state index in [0.29, 0.717) is 5.69 Å². The molecule has 0 atom stereocenters. The van der Waals surface area contributed by atoms with Crippen LogP contribution in [0.25, 0.3) is 0 Å². The molecule has 1 aromatic rings. The van der Waals surface area contributed by atoms with Crippen molar-refractivity contribution in [3.8, 4) is 6.07 Å². The third-order valence-electron chi connectivity index (χ3n) is 2.34. The quantitative estimate of drug-likeness (QED) is 0.284. The predicted molar refractivity (Wildman–Crippen MR) is 78.5 cm³/mol. The fourth-order valence-corrected chi connectivity index (χ4v) is 1.33. The minimum atomic E-state index is -0.784. The maximum atomic E-state index is 11.5. The van der Waals surface area contributed by atoms with Gasteiger partial charge in [0.2, 0.25) is 0 Å². The third-order valence-corrected chi connectivity index (χ3v) is 2.34. The van der Waals surface area contributed by atoms with Crippen molar-refractivity contribution in [1.29, 1.82) is 5.26 Å². The summed E-state index contributed by atoms with van der Waals surface area (Å²) in [5, 5.41) is 12.8. The zero-order chi connectivity index (χ0) is 15.7. The van der Waals surface area contributed by atoms with Crippen LogP contribution in [0, 0.1) is 11.3 Å². The van der Waals surface area contributed by atoms with Gasteiger partial charge in [0.1, 0.15) is 17.4 Å². The molecule has 0 aliphatic heterocycles. The Labute approximate surface area is 122 Å². The van der Waals surface area contributed by atoms with Gasteiger partial charge in [0, 0.05) is 6.92 Å². The number of allylic oxidation sites excluding steroid dienone is 1. The second-order valence-corrected chi connectivity index (χ2v) is 3.92. The number of hydrogen-bond acceptors (Lipinski definition) is 6. The van der Waals surface area contributed by atoms with Crippen LogP contribution in [0.1, 0.15) is 13.8 Å². The van der Waals surface area contributed by atoms with E-state index in [9.17, 15) is 9.59 Å². The summed E-state index contributed by atoms with van der Waals surface area (Å²) in [4.78, 5) is 23.0. The highest BCUT2D eigenvalue weighted by Crippen LogP contribution is 2.05. The average molecular weight is 285 g/mol. The highest BCUT2D eigenvalue weighted by molar-refractivity contribution is 6.44. The number of anilines is 1. The van der Waals surface area contributed by atoms with Gasteiger partial charge in [0.15, 0.2) is 5.78 Å². The Morgan fingerprint density at radius 3 is 2.57 bits per heavy atom. The van der Waals surface area contributed by atoms with Gasteiger partial charge in [-0.05, 0) is 25.1 Å². The molecule has 0 radical (unpaired) electrons. The van der Waals surface area contributed by atoms with Gasteiger partial charge in [0.25, 0.3) is 0 Å². The van der Waals surface area contributed by atoms with Crippen molar-refractivity contribution >= 4 is 23.2 Å². The number of nitriles is 1. The van der Waals surface area contributed by atoms with Crippen molar-refractivity contribution in [2.45, 2.75) is 13.8 Å². The number of hydrazone groups is 1. The molecule has 0 spiro atoms. The van der Waals surface area contributed by atoms with Crippen LogP contribution in [-0.2, 0) is 14.3 Å². The van der Waals surface area contributed by atoms with Gasteiger partial charge in [0.05, 0.1) is 12.3 Å². The van der Waals surface area contributed by atoms with Gasteiger partial charge in [-0.15, -0.1) is 0 Å². The van der Waals surface area contributed by atoms with Crippen molar-refractivity contribution < 1.29 is 14.3 Å². The maximum absolute atomic E-state index is 11.5. The summed E-state index contributed by atoms with van der Waals surface area (Å²) in [6, 6.07) is 10.7. The van der Waals surface area contributed by atoms with Crippen LogP contribution in [0.3, 0.4) is 0 Å². The van der Waals surface area contributed by atoms with Crippen LogP contribution in [0.2, 0.25) is 0 Å². The Kier molecular flexibility index (Phi) is 6.35. The van der Waals surface area contributed by atoms with E-state index >= 15 is 0 Å². The van der Waals surface area contributed by atoms with E-state index in [4.69, 9.17) is 10.00 Å². The molecule has 0 aromatic heterocycles. The van der Waals surface area contributed by atoms with Crippen molar-refractivity contribution in [3.05, 3.63) is 42.0 Å². The molecule has 0 aliphatic carbocycles. The fourth-order valence-electron chi connectivity index (χ4n) is 1.33.